The maximum atomic E-state index is 12.4. The summed E-state index contributed by atoms with van der Waals surface area (Å²) in [6, 6.07) is 7.45. The van der Waals surface area contributed by atoms with Gasteiger partial charge in [-0.2, -0.15) is 0 Å². The number of tetrazole rings is 1. The number of nitrogens with one attached hydrogen (secondary N) is 1. The molecule has 0 spiro atoms. The van der Waals surface area contributed by atoms with Gasteiger partial charge in [0.05, 0.1) is 5.02 Å². The van der Waals surface area contributed by atoms with Crippen molar-refractivity contribution in [1.29, 1.82) is 0 Å². The second-order valence-corrected chi connectivity index (χ2v) is 6.99. The number of aromatic nitrogens is 4. The number of hydrogen-bond donors (Lipinski definition) is 1. The van der Waals surface area contributed by atoms with E-state index in [1.54, 1.807) is 12.1 Å². The van der Waals surface area contributed by atoms with Crippen molar-refractivity contribution < 1.29 is 9.53 Å². The number of ether oxygens (including phenoxy) is 1. The molecular weight excluding hydrogens is 354 g/mol. The molecule has 0 radical (unpaired) electrons. The van der Waals surface area contributed by atoms with Gasteiger partial charge in [0.2, 0.25) is 5.91 Å². The first-order valence-electron chi connectivity index (χ1n) is 9.14. The molecule has 0 atom stereocenters. The van der Waals surface area contributed by atoms with Crippen LogP contribution in [0.2, 0.25) is 5.02 Å². The predicted octanol–water partition coefficient (Wildman–Crippen LogP) is 3.13. The number of benzene rings is 1. The Morgan fingerprint density at radius 2 is 1.92 bits per heavy atom. The van der Waals surface area contributed by atoms with E-state index in [-0.39, 0.29) is 25.1 Å². The monoisotopic (exact) mass is 377 g/mol. The van der Waals surface area contributed by atoms with Crippen LogP contribution in [0.15, 0.2) is 24.3 Å². The quantitative estimate of drug-likeness (QED) is 0.836. The lowest BCUT2D eigenvalue weighted by Gasteiger charge is -2.21. The van der Waals surface area contributed by atoms with Crippen LogP contribution in [-0.4, -0.2) is 32.2 Å². The summed E-state index contributed by atoms with van der Waals surface area (Å²) in [4.78, 5) is 12.4. The zero-order valence-electron chi connectivity index (χ0n) is 14.7. The molecule has 1 aliphatic rings. The SMILES string of the molecule is O=C(Cn1nnnc1COc1ccccc1Cl)NC1CCCCCCC1. The molecule has 3 rings (SSSR count). The highest BCUT2D eigenvalue weighted by molar-refractivity contribution is 6.32. The van der Waals surface area contributed by atoms with Crippen molar-refractivity contribution in [1.82, 2.24) is 25.5 Å². The summed E-state index contributed by atoms with van der Waals surface area (Å²) in [5.41, 5.74) is 0. The number of amides is 1. The lowest BCUT2D eigenvalue weighted by Crippen LogP contribution is -2.38. The average molecular weight is 378 g/mol. The molecule has 1 aromatic carbocycles. The Bertz CT molecular complexity index is 713. The van der Waals surface area contributed by atoms with E-state index >= 15 is 0 Å². The highest BCUT2D eigenvalue weighted by atomic mass is 35.5. The highest BCUT2D eigenvalue weighted by Crippen LogP contribution is 2.23. The number of carbonyl (C=O) groups excluding carboxylic acids is 1. The Kier molecular flexibility index (Phi) is 6.82. The molecule has 1 fully saturated rings. The second kappa shape index (κ2) is 9.52. The van der Waals surface area contributed by atoms with Gasteiger partial charge in [-0.15, -0.1) is 5.10 Å². The first-order valence-corrected chi connectivity index (χ1v) is 9.52. The summed E-state index contributed by atoms with van der Waals surface area (Å²) in [5, 5.41) is 15.1. The molecule has 8 heteroatoms. The van der Waals surface area contributed by atoms with Crippen molar-refractivity contribution in [2.24, 2.45) is 0 Å². The van der Waals surface area contributed by atoms with Crippen molar-refractivity contribution in [3.8, 4) is 5.75 Å². The first-order chi connectivity index (χ1) is 12.7. The molecule has 1 amide bonds. The molecular formula is C18H24ClN5O2. The van der Waals surface area contributed by atoms with Gasteiger partial charge >= 0.3 is 0 Å². The zero-order chi connectivity index (χ0) is 18.2. The molecule has 0 bridgehead atoms. The fourth-order valence-electron chi connectivity index (χ4n) is 3.16. The van der Waals surface area contributed by atoms with Crippen LogP contribution in [0.3, 0.4) is 0 Å². The summed E-state index contributed by atoms with van der Waals surface area (Å²) in [5.74, 6) is 0.974. The summed E-state index contributed by atoms with van der Waals surface area (Å²) in [6.07, 6.45) is 8.25. The molecule has 0 aliphatic heterocycles. The van der Waals surface area contributed by atoms with E-state index in [4.69, 9.17) is 16.3 Å². The lowest BCUT2D eigenvalue weighted by molar-refractivity contribution is -0.122. The third-order valence-electron chi connectivity index (χ3n) is 4.56. The van der Waals surface area contributed by atoms with Crippen LogP contribution >= 0.6 is 11.6 Å². The first kappa shape index (κ1) is 18.6. The van der Waals surface area contributed by atoms with E-state index in [0.717, 1.165) is 12.8 Å². The topological polar surface area (TPSA) is 81.9 Å². The average Bonchev–Trinajstić information content (AvgIpc) is 3.03. The number of nitrogens with zero attached hydrogens (tertiary/aromatic N) is 4. The molecule has 1 heterocycles. The summed E-state index contributed by atoms with van der Waals surface area (Å²) < 4.78 is 7.12. The minimum absolute atomic E-state index is 0.0677. The van der Waals surface area contributed by atoms with E-state index in [9.17, 15) is 4.79 Å². The molecule has 1 saturated carbocycles. The van der Waals surface area contributed by atoms with Crippen molar-refractivity contribution in [3.63, 3.8) is 0 Å². The van der Waals surface area contributed by atoms with Gasteiger partial charge in [0.1, 0.15) is 18.9 Å². The molecule has 140 valence electrons. The maximum absolute atomic E-state index is 12.4. The summed E-state index contributed by atoms with van der Waals surface area (Å²) in [7, 11) is 0. The number of hydrogen-bond acceptors (Lipinski definition) is 5. The summed E-state index contributed by atoms with van der Waals surface area (Å²) >= 11 is 6.07. The molecule has 7 nitrogen and oxygen atoms in total. The van der Waals surface area contributed by atoms with Crippen LogP contribution in [0.5, 0.6) is 5.75 Å². The number of halogens is 1. The minimum Gasteiger partial charge on any atom is -0.484 e. The molecule has 0 saturated heterocycles. The third-order valence-corrected chi connectivity index (χ3v) is 4.88. The van der Waals surface area contributed by atoms with Gasteiger partial charge in [0, 0.05) is 6.04 Å². The Hall–Kier alpha value is -2.15. The fourth-order valence-corrected chi connectivity index (χ4v) is 3.35. The van der Waals surface area contributed by atoms with Crippen LogP contribution in [0.4, 0.5) is 0 Å². The van der Waals surface area contributed by atoms with Gasteiger partial charge in [0.15, 0.2) is 5.82 Å². The second-order valence-electron chi connectivity index (χ2n) is 6.58. The Morgan fingerprint density at radius 3 is 2.69 bits per heavy atom. The van der Waals surface area contributed by atoms with E-state index in [1.165, 1.54) is 36.8 Å². The number of para-hydroxylation sites is 1. The van der Waals surface area contributed by atoms with Gasteiger partial charge in [-0.25, -0.2) is 4.68 Å². The van der Waals surface area contributed by atoms with Crippen molar-refractivity contribution in [2.75, 3.05) is 0 Å². The van der Waals surface area contributed by atoms with Crippen LogP contribution in [0.25, 0.3) is 0 Å². The van der Waals surface area contributed by atoms with E-state index in [2.05, 4.69) is 20.8 Å². The lowest BCUT2D eigenvalue weighted by atomic mass is 9.97. The van der Waals surface area contributed by atoms with E-state index < -0.39 is 0 Å². The fraction of sp³-hybridized carbons (Fsp3) is 0.556. The Balaban J connectivity index is 1.52. The van der Waals surface area contributed by atoms with Crippen LogP contribution < -0.4 is 10.1 Å². The normalized spacial score (nSPS) is 15.9. The van der Waals surface area contributed by atoms with Crippen LogP contribution in [-0.2, 0) is 17.9 Å². The molecule has 1 aliphatic carbocycles. The molecule has 0 unspecified atom stereocenters. The van der Waals surface area contributed by atoms with Gasteiger partial charge in [-0.3, -0.25) is 4.79 Å². The smallest absolute Gasteiger partial charge is 0.242 e. The van der Waals surface area contributed by atoms with Crippen molar-refractivity contribution >= 4 is 17.5 Å². The van der Waals surface area contributed by atoms with Crippen molar-refractivity contribution in [3.05, 3.63) is 35.1 Å². The van der Waals surface area contributed by atoms with E-state index in [1.807, 2.05) is 12.1 Å². The Labute approximate surface area is 158 Å². The van der Waals surface area contributed by atoms with E-state index in [0.29, 0.717) is 16.6 Å². The Morgan fingerprint density at radius 1 is 1.19 bits per heavy atom. The number of carbonyl (C=O) groups is 1. The van der Waals surface area contributed by atoms with Crippen LogP contribution in [0, 0.1) is 0 Å². The maximum Gasteiger partial charge on any atom is 0.242 e. The standard InChI is InChI=1S/C18H24ClN5O2/c19-15-10-6-7-11-16(15)26-13-17-21-22-23-24(17)12-18(25)20-14-8-4-2-1-3-5-9-14/h6-7,10-11,14H,1-5,8-9,12-13H2,(H,20,25). The van der Waals surface area contributed by atoms with Gasteiger partial charge in [-0.1, -0.05) is 55.8 Å². The molecule has 2 aromatic rings. The predicted molar refractivity (Wildman–Crippen MR) is 97.9 cm³/mol. The minimum atomic E-state index is -0.0677. The number of rotatable bonds is 6. The van der Waals surface area contributed by atoms with Gasteiger partial charge in [-0.05, 0) is 35.4 Å². The largest absolute Gasteiger partial charge is 0.484 e. The molecule has 1 aromatic heterocycles. The summed E-state index contributed by atoms with van der Waals surface area (Å²) in [6.45, 7) is 0.234. The third kappa shape index (κ3) is 5.42. The molecule has 1 N–H and O–H groups in total. The van der Waals surface area contributed by atoms with Gasteiger partial charge in [0.25, 0.3) is 0 Å². The zero-order valence-corrected chi connectivity index (χ0v) is 15.5. The highest BCUT2D eigenvalue weighted by Gasteiger charge is 2.16. The van der Waals surface area contributed by atoms with Crippen molar-refractivity contribution in [2.45, 2.75) is 64.1 Å². The van der Waals surface area contributed by atoms with Crippen LogP contribution in [0.1, 0.15) is 50.8 Å². The molecule has 26 heavy (non-hydrogen) atoms. The van der Waals surface area contributed by atoms with Gasteiger partial charge < -0.3 is 10.1 Å².